The van der Waals surface area contributed by atoms with Crippen LogP contribution in [0.15, 0.2) is 18.2 Å². The van der Waals surface area contributed by atoms with Crippen molar-refractivity contribution in [1.29, 1.82) is 0 Å². The Morgan fingerprint density at radius 1 is 1.50 bits per heavy atom. The lowest BCUT2D eigenvalue weighted by Crippen LogP contribution is -2.14. The quantitative estimate of drug-likeness (QED) is 0.784. The molecule has 0 atom stereocenters. The molecule has 1 aromatic carbocycles. The average Bonchev–Trinajstić information content (AvgIpc) is 2.52. The molecule has 16 heavy (non-hydrogen) atoms. The maximum absolute atomic E-state index is 13.6. The molecule has 2 N–H and O–H groups in total. The van der Waals surface area contributed by atoms with Crippen molar-refractivity contribution in [3.05, 3.63) is 35.3 Å². The van der Waals surface area contributed by atoms with Gasteiger partial charge in [-0.15, -0.1) is 0 Å². The van der Waals surface area contributed by atoms with Crippen molar-refractivity contribution >= 4 is 16.7 Å². The van der Waals surface area contributed by atoms with E-state index >= 15 is 0 Å². The Labute approximate surface area is 92.7 Å². The van der Waals surface area contributed by atoms with E-state index < -0.39 is 0 Å². The van der Waals surface area contributed by atoms with Crippen LogP contribution in [-0.4, -0.2) is 16.9 Å². The summed E-state index contributed by atoms with van der Waals surface area (Å²) in [5.41, 5.74) is 7.09. The Kier molecular flexibility index (Phi) is 2.52. The van der Waals surface area contributed by atoms with Gasteiger partial charge in [-0.05, 0) is 13.0 Å². The normalized spacial score (nSPS) is 11.0. The fraction of sp³-hybridized carbons (Fsp3) is 0.250. The standard InChI is InChI=1S/C12H13FN2O/c1-7-11(10(16)6-14)8-4-3-5-9(13)12(8)15(7)2/h3-5H,6,14H2,1-2H3. The number of aromatic nitrogens is 1. The van der Waals surface area contributed by atoms with Gasteiger partial charge in [-0.25, -0.2) is 4.39 Å². The highest BCUT2D eigenvalue weighted by molar-refractivity contribution is 6.10. The first-order valence-corrected chi connectivity index (χ1v) is 5.04. The molecule has 1 heterocycles. The third-order valence-electron chi connectivity index (χ3n) is 2.92. The Balaban J connectivity index is 2.90. The molecule has 0 amide bonds. The van der Waals surface area contributed by atoms with Crippen molar-refractivity contribution in [1.82, 2.24) is 4.57 Å². The summed E-state index contributed by atoms with van der Waals surface area (Å²) in [6, 6.07) is 4.73. The van der Waals surface area contributed by atoms with Crippen molar-refractivity contribution in [2.45, 2.75) is 6.92 Å². The van der Waals surface area contributed by atoms with E-state index in [1.165, 1.54) is 6.07 Å². The first-order chi connectivity index (χ1) is 7.57. The molecule has 0 saturated carbocycles. The minimum atomic E-state index is -0.320. The van der Waals surface area contributed by atoms with Crippen LogP contribution < -0.4 is 5.73 Å². The van der Waals surface area contributed by atoms with Gasteiger partial charge in [0.25, 0.3) is 0 Å². The first kappa shape index (κ1) is 10.8. The van der Waals surface area contributed by atoms with Gasteiger partial charge >= 0.3 is 0 Å². The van der Waals surface area contributed by atoms with E-state index in [4.69, 9.17) is 5.73 Å². The predicted molar refractivity (Wildman–Crippen MR) is 61.0 cm³/mol. The number of Topliss-reactive ketones (excluding diaryl/α,β-unsaturated/α-hetero) is 1. The first-order valence-electron chi connectivity index (χ1n) is 5.04. The fourth-order valence-electron chi connectivity index (χ4n) is 2.04. The summed E-state index contributed by atoms with van der Waals surface area (Å²) in [5.74, 6) is -0.479. The van der Waals surface area contributed by atoms with Crippen molar-refractivity contribution in [2.24, 2.45) is 12.8 Å². The van der Waals surface area contributed by atoms with E-state index in [-0.39, 0.29) is 18.1 Å². The number of hydrogen-bond acceptors (Lipinski definition) is 2. The third kappa shape index (κ3) is 1.34. The molecule has 0 aliphatic carbocycles. The van der Waals surface area contributed by atoms with Crippen LogP contribution in [0.4, 0.5) is 4.39 Å². The number of aryl methyl sites for hydroxylation is 1. The van der Waals surface area contributed by atoms with Crippen LogP contribution in [0.3, 0.4) is 0 Å². The number of hydrogen-bond donors (Lipinski definition) is 1. The van der Waals surface area contributed by atoms with E-state index in [9.17, 15) is 9.18 Å². The zero-order chi connectivity index (χ0) is 11.9. The van der Waals surface area contributed by atoms with E-state index in [2.05, 4.69) is 0 Å². The number of para-hydroxylation sites is 1. The predicted octanol–water partition coefficient (Wildman–Crippen LogP) is 1.77. The van der Waals surface area contributed by atoms with Gasteiger partial charge in [0.15, 0.2) is 5.78 Å². The molecule has 1 aromatic heterocycles. The molecule has 0 spiro atoms. The van der Waals surface area contributed by atoms with Crippen molar-refractivity contribution in [2.75, 3.05) is 6.54 Å². The Hall–Kier alpha value is -1.68. The van der Waals surface area contributed by atoms with Crippen LogP contribution in [0.5, 0.6) is 0 Å². The van der Waals surface area contributed by atoms with Gasteiger partial charge in [0.2, 0.25) is 0 Å². The molecule has 0 radical (unpaired) electrons. The minimum absolute atomic E-state index is 0.0591. The molecule has 0 bridgehead atoms. The van der Waals surface area contributed by atoms with Gasteiger partial charge < -0.3 is 10.3 Å². The lowest BCUT2D eigenvalue weighted by atomic mass is 10.1. The summed E-state index contributed by atoms with van der Waals surface area (Å²) >= 11 is 0. The second kappa shape index (κ2) is 3.72. The van der Waals surface area contributed by atoms with Crippen molar-refractivity contribution < 1.29 is 9.18 Å². The molecular weight excluding hydrogens is 207 g/mol. The lowest BCUT2D eigenvalue weighted by Gasteiger charge is -1.99. The monoisotopic (exact) mass is 220 g/mol. The number of carbonyl (C=O) groups excluding carboxylic acids is 1. The second-order valence-electron chi connectivity index (χ2n) is 3.78. The summed E-state index contributed by atoms with van der Waals surface area (Å²) in [7, 11) is 1.74. The molecule has 0 aliphatic heterocycles. The molecular formula is C12H13FN2O. The molecule has 0 unspecified atom stereocenters. The topological polar surface area (TPSA) is 48.0 Å². The summed E-state index contributed by atoms with van der Waals surface area (Å²) in [4.78, 5) is 11.7. The van der Waals surface area contributed by atoms with Crippen LogP contribution in [0.25, 0.3) is 10.9 Å². The molecule has 84 valence electrons. The molecule has 0 aliphatic rings. The van der Waals surface area contributed by atoms with Crippen LogP contribution in [0, 0.1) is 12.7 Å². The molecule has 4 heteroatoms. The summed E-state index contributed by atoms with van der Waals surface area (Å²) in [6.07, 6.45) is 0. The zero-order valence-electron chi connectivity index (χ0n) is 9.25. The van der Waals surface area contributed by atoms with Gasteiger partial charge in [0, 0.05) is 23.7 Å². The number of nitrogens with two attached hydrogens (primary N) is 1. The molecule has 2 aromatic rings. The number of halogens is 1. The lowest BCUT2D eigenvalue weighted by molar-refractivity contribution is 0.100. The smallest absolute Gasteiger partial charge is 0.178 e. The van der Waals surface area contributed by atoms with E-state index in [1.807, 2.05) is 0 Å². The number of fused-ring (bicyclic) bond motifs is 1. The number of nitrogens with zero attached hydrogens (tertiary/aromatic N) is 1. The summed E-state index contributed by atoms with van der Waals surface area (Å²) < 4.78 is 15.3. The highest BCUT2D eigenvalue weighted by Crippen LogP contribution is 2.26. The van der Waals surface area contributed by atoms with Gasteiger partial charge in [0.05, 0.1) is 12.1 Å². The number of carbonyl (C=O) groups is 1. The molecule has 0 saturated heterocycles. The Bertz CT molecular complexity index is 572. The number of rotatable bonds is 2. The fourth-order valence-corrected chi connectivity index (χ4v) is 2.04. The Morgan fingerprint density at radius 3 is 2.81 bits per heavy atom. The van der Waals surface area contributed by atoms with Crippen LogP contribution in [0.2, 0.25) is 0 Å². The minimum Gasteiger partial charge on any atom is -0.345 e. The van der Waals surface area contributed by atoms with E-state index in [0.717, 1.165) is 5.69 Å². The summed E-state index contributed by atoms with van der Waals surface area (Å²) in [5, 5.41) is 0.635. The Morgan fingerprint density at radius 2 is 2.19 bits per heavy atom. The highest BCUT2D eigenvalue weighted by atomic mass is 19.1. The van der Waals surface area contributed by atoms with Gasteiger partial charge in [-0.3, -0.25) is 4.79 Å². The van der Waals surface area contributed by atoms with E-state index in [1.54, 1.807) is 30.7 Å². The molecule has 2 rings (SSSR count). The van der Waals surface area contributed by atoms with Crippen molar-refractivity contribution in [3.8, 4) is 0 Å². The largest absolute Gasteiger partial charge is 0.345 e. The highest BCUT2D eigenvalue weighted by Gasteiger charge is 2.18. The van der Waals surface area contributed by atoms with Gasteiger partial charge in [-0.1, -0.05) is 12.1 Å². The SMILES string of the molecule is Cc1c(C(=O)CN)c2cccc(F)c2n1C. The third-order valence-corrected chi connectivity index (χ3v) is 2.92. The maximum atomic E-state index is 13.6. The molecule has 0 fully saturated rings. The number of ketones is 1. The molecule has 3 nitrogen and oxygen atoms in total. The number of benzene rings is 1. The van der Waals surface area contributed by atoms with Crippen LogP contribution in [-0.2, 0) is 7.05 Å². The van der Waals surface area contributed by atoms with Crippen molar-refractivity contribution in [3.63, 3.8) is 0 Å². The second-order valence-corrected chi connectivity index (χ2v) is 3.78. The zero-order valence-corrected chi connectivity index (χ0v) is 9.25. The van der Waals surface area contributed by atoms with Crippen LogP contribution >= 0.6 is 0 Å². The van der Waals surface area contributed by atoms with Crippen LogP contribution in [0.1, 0.15) is 16.1 Å². The average molecular weight is 220 g/mol. The van der Waals surface area contributed by atoms with E-state index in [0.29, 0.717) is 16.5 Å². The maximum Gasteiger partial charge on any atom is 0.178 e. The van der Waals surface area contributed by atoms with Gasteiger partial charge in [-0.2, -0.15) is 0 Å². The van der Waals surface area contributed by atoms with Gasteiger partial charge in [0.1, 0.15) is 5.82 Å². The summed E-state index contributed by atoms with van der Waals surface area (Å²) in [6.45, 7) is 1.73.